The zero-order valence-electron chi connectivity index (χ0n) is 8.78. The molecule has 0 aliphatic carbocycles. The number of benzene rings is 1. The minimum Gasteiger partial charge on any atom is -0.304 e. The van der Waals surface area contributed by atoms with Gasteiger partial charge < -0.3 is 5.41 Å². The molecule has 0 bridgehead atoms. The highest BCUT2D eigenvalue weighted by atomic mass is 15.4. The van der Waals surface area contributed by atoms with Gasteiger partial charge in [0.15, 0.2) is 0 Å². The van der Waals surface area contributed by atoms with Gasteiger partial charge in [-0.25, -0.2) is 0 Å². The lowest BCUT2D eigenvalue weighted by Crippen LogP contribution is -2.15. The van der Waals surface area contributed by atoms with E-state index < -0.39 is 0 Å². The van der Waals surface area contributed by atoms with Gasteiger partial charge in [0.1, 0.15) is 0 Å². The summed E-state index contributed by atoms with van der Waals surface area (Å²) in [6.45, 7) is 3.57. The van der Waals surface area contributed by atoms with Gasteiger partial charge >= 0.3 is 0 Å². The van der Waals surface area contributed by atoms with Crippen molar-refractivity contribution in [1.82, 2.24) is 0 Å². The van der Waals surface area contributed by atoms with E-state index in [-0.39, 0.29) is 0 Å². The monoisotopic (exact) mass is 189 g/mol. The number of hydrogen-bond donors (Lipinski definition) is 1. The van der Waals surface area contributed by atoms with E-state index in [2.05, 4.69) is 5.10 Å². The smallest absolute Gasteiger partial charge is 0.0782 e. The Morgan fingerprint density at radius 3 is 2.29 bits per heavy atom. The maximum atomic E-state index is 7.40. The maximum absolute atomic E-state index is 7.40. The summed E-state index contributed by atoms with van der Waals surface area (Å²) in [7, 11) is 1.88. The molecule has 1 N–H and O–H groups in total. The number of rotatable bonds is 3. The van der Waals surface area contributed by atoms with Crippen LogP contribution in [0.15, 0.2) is 35.4 Å². The first-order chi connectivity index (χ1) is 6.61. The average molecular weight is 189 g/mol. The minimum absolute atomic E-state index is 0.493. The molecule has 0 unspecified atom stereocenters. The normalized spacial score (nSPS) is 11.2. The molecule has 0 fully saturated rings. The van der Waals surface area contributed by atoms with Crippen LogP contribution in [0.1, 0.15) is 13.8 Å². The fraction of sp³-hybridized carbons (Fsp3) is 0.273. The third kappa shape index (κ3) is 2.69. The number of nitrogens with zero attached hydrogens (tertiary/aromatic N) is 2. The summed E-state index contributed by atoms with van der Waals surface area (Å²) in [5, 5.41) is 13.4. The fourth-order valence-corrected chi connectivity index (χ4v) is 1.00. The fourth-order valence-electron chi connectivity index (χ4n) is 1.00. The molecule has 1 rings (SSSR count). The highest BCUT2D eigenvalue weighted by Gasteiger charge is 1.99. The number of para-hydroxylation sites is 1. The Kier molecular flexibility index (Phi) is 3.40. The van der Waals surface area contributed by atoms with Crippen LogP contribution in [-0.2, 0) is 0 Å². The van der Waals surface area contributed by atoms with Crippen molar-refractivity contribution in [2.75, 3.05) is 12.1 Å². The van der Waals surface area contributed by atoms with Crippen molar-refractivity contribution in [1.29, 1.82) is 5.41 Å². The SMILES string of the molecule is CC(=N)/C(C)=N\N(C)c1ccccc1. The van der Waals surface area contributed by atoms with Gasteiger partial charge in [0.2, 0.25) is 0 Å². The highest BCUT2D eigenvalue weighted by Crippen LogP contribution is 2.11. The molecule has 0 spiro atoms. The molecule has 3 nitrogen and oxygen atoms in total. The maximum Gasteiger partial charge on any atom is 0.0782 e. The van der Waals surface area contributed by atoms with Crippen LogP contribution < -0.4 is 5.01 Å². The largest absolute Gasteiger partial charge is 0.304 e. The van der Waals surface area contributed by atoms with Crippen molar-refractivity contribution in [2.24, 2.45) is 5.10 Å². The van der Waals surface area contributed by atoms with Crippen molar-refractivity contribution in [3.63, 3.8) is 0 Å². The topological polar surface area (TPSA) is 39.5 Å². The van der Waals surface area contributed by atoms with Crippen LogP contribution >= 0.6 is 0 Å². The first-order valence-corrected chi connectivity index (χ1v) is 4.51. The molecule has 0 aliphatic heterocycles. The molecule has 0 atom stereocenters. The average Bonchev–Trinajstić information content (AvgIpc) is 2.19. The second-order valence-electron chi connectivity index (χ2n) is 3.17. The van der Waals surface area contributed by atoms with Crippen LogP contribution in [0.25, 0.3) is 0 Å². The second kappa shape index (κ2) is 4.56. The Labute approximate surface area is 84.6 Å². The molecular formula is C11H15N3. The van der Waals surface area contributed by atoms with Crippen LogP contribution in [0.2, 0.25) is 0 Å². The zero-order valence-corrected chi connectivity index (χ0v) is 8.78. The van der Waals surface area contributed by atoms with Gasteiger partial charge in [0, 0.05) is 7.05 Å². The number of hydrogen-bond acceptors (Lipinski definition) is 3. The lowest BCUT2D eigenvalue weighted by molar-refractivity contribution is 1.02. The van der Waals surface area contributed by atoms with Gasteiger partial charge in [0.25, 0.3) is 0 Å². The molecule has 1 aromatic rings. The van der Waals surface area contributed by atoms with Crippen LogP contribution in [0, 0.1) is 5.41 Å². The van der Waals surface area contributed by atoms with E-state index in [0.717, 1.165) is 11.4 Å². The quantitative estimate of drug-likeness (QED) is 0.576. The molecular weight excluding hydrogens is 174 g/mol. The Hall–Kier alpha value is -1.64. The van der Waals surface area contributed by atoms with E-state index in [1.807, 2.05) is 44.3 Å². The van der Waals surface area contributed by atoms with Crippen LogP contribution in [0.5, 0.6) is 0 Å². The summed E-state index contributed by atoms with van der Waals surface area (Å²) in [4.78, 5) is 0. The zero-order chi connectivity index (χ0) is 10.6. The lowest BCUT2D eigenvalue weighted by Gasteiger charge is -2.13. The summed E-state index contributed by atoms with van der Waals surface area (Å²) in [6, 6.07) is 9.86. The van der Waals surface area contributed by atoms with E-state index >= 15 is 0 Å². The Morgan fingerprint density at radius 1 is 1.21 bits per heavy atom. The molecule has 0 heterocycles. The van der Waals surface area contributed by atoms with Gasteiger partial charge in [-0.2, -0.15) is 5.10 Å². The summed E-state index contributed by atoms with van der Waals surface area (Å²) in [5.41, 5.74) is 2.25. The van der Waals surface area contributed by atoms with Crippen molar-refractivity contribution in [3.8, 4) is 0 Å². The standard InChI is InChI=1S/C11H15N3/c1-9(12)10(2)13-14(3)11-7-5-4-6-8-11/h4-8,12H,1-3H3/b12-9?,13-10-. The Balaban J connectivity index is 2.82. The van der Waals surface area contributed by atoms with Crippen LogP contribution in [-0.4, -0.2) is 18.5 Å². The summed E-state index contributed by atoms with van der Waals surface area (Å²) >= 11 is 0. The predicted molar refractivity (Wildman–Crippen MR) is 61.4 cm³/mol. The predicted octanol–water partition coefficient (Wildman–Crippen LogP) is 2.54. The van der Waals surface area contributed by atoms with Gasteiger partial charge in [-0.1, -0.05) is 18.2 Å². The van der Waals surface area contributed by atoms with Gasteiger partial charge in [-0.15, -0.1) is 0 Å². The third-order valence-electron chi connectivity index (χ3n) is 1.97. The highest BCUT2D eigenvalue weighted by molar-refractivity contribution is 6.39. The summed E-state index contributed by atoms with van der Waals surface area (Å²) in [6.07, 6.45) is 0. The number of hydrazone groups is 1. The molecule has 0 saturated carbocycles. The molecule has 1 aromatic carbocycles. The van der Waals surface area contributed by atoms with Crippen LogP contribution in [0.3, 0.4) is 0 Å². The van der Waals surface area contributed by atoms with Gasteiger partial charge in [0.05, 0.1) is 17.1 Å². The van der Waals surface area contributed by atoms with Crippen molar-refractivity contribution in [2.45, 2.75) is 13.8 Å². The van der Waals surface area contributed by atoms with E-state index in [1.165, 1.54) is 0 Å². The molecule has 0 aliphatic rings. The summed E-state index contributed by atoms with van der Waals surface area (Å²) in [5.74, 6) is 0. The third-order valence-corrected chi connectivity index (χ3v) is 1.97. The molecule has 3 heteroatoms. The van der Waals surface area contributed by atoms with Crippen molar-refractivity contribution in [3.05, 3.63) is 30.3 Å². The second-order valence-corrected chi connectivity index (χ2v) is 3.17. The van der Waals surface area contributed by atoms with Crippen LogP contribution in [0.4, 0.5) is 5.69 Å². The molecule has 0 radical (unpaired) electrons. The summed E-state index contributed by atoms with van der Waals surface area (Å²) < 4.78 is 0. The molecule has 0 saturated heterocycles. The van der Waals surface area contributed by atoms with E-state index in [0.29, 0.717) is 5.71 Å². The molecule has 14 heavy (non-hydrogen) atoms. The van der Waals surface area contributed by atoms with E-state index in [4.69, 9.17) is 5.41 Å². The van der Waals surface area contributed by atoms with Gasteiger partial charge in [-0.05, 0) is 26.0 Å². The minimum atomic E-state index is 0.493. The van der Waals surface area contributed by atoms with E-state index in [9.17, 15) is 0 Å². The first-order valence-electron chi connectivity index (χ1n) is 4.51. The van der Waals surface area contributed by atoms with Crippen molar-refractivity contribution < 1.29 is 0 Å². The first kappa shape index (κ1) is 10.4. The van der Waals surface area contributed by atoms with Crippen molar-refractivity contribution >= 4 is 17.1 Å². The number of anilines is 1. The molecule has 0 aromatic heterocycles. The lowest BCUT2D eigenvalue weighted by atomic mass is 10.3. The van der Waals surface area contributed by atoms with Gasteiger partial charge in [-0.3, -0.25) is 5.01 Å². The molecule has 74 valence electrons. The number of nitrogens with one attached hydrogen (secondary N) is 1. The Morgan fingerprint density at radius 2 is 1.79 bits per heavy atom. The Bertz CT molecular complexity index is 341. The molecule has 0 amide bonds. The van der Waals surface area contributed by atoms with E-state index in [1.54, 1.807) is 11.9 Å².